The zero-order valence-electron chi connectivity index (χ0n) is 15.5. The predicted octanol–water partition coefficient (Wildman–Crippen LogP) is 0.974. The Morgan fingerprint density at radius 2 is 2.11 bits per heavy atom. The molecule has 7 nitrogen and oxygen atoms in total. The third-order valence-corrected chi connectivity index (χ3v) is 4.76. The highest BCUT2D eigenvalue weighted by atomic mass is 19.3. The van der Waals surface area contributed by atoms with Crippen LogP contribution in [0.2, 0.25) is 0 Å². The summed E-state index contributed by atoms with van der Waals surface area (Å²) in [5, 5.41) is 7.93. The van der Waals surface area contributed by atoms with Gasteiger partial charge in [-0.2, -0.15) is 0 Å². The minimum atomic E-state index is -2.86. The molecule has 2 saturated heterocycles. The molecule has 28 heavy (non-hydrogen) atoms. The summed E-state index contributed by atoms with van der Waals surface area (Å²) >= 11 is 0. The van der Waals surface area contributed by atoms with E-state index < -0.39 is 30.8 Å². The zero-order valence-corrected chi connectivity index (χ0v) is 15.5. The van der Waals surface area contributed by atoms with Crippen LogP contribution in [0, 0.1) is 0 Å². The van der Waals surface area contributed by atoms with Crippen molar-refractivity contribution in [2.45, 2.75) is 43.9 Å². The second-order valence-electron chi connectivity index (χ2n) is 7.05. The molecule has 2 amide bonds. The standard InChI is InChI=1S/C19H25F2N3O4/c20-19(21)8-15(24-12-19)18(26)23-9-13-4-1-2-6-16(13)28-11-17(25)22-10-14-5-3-7-27-14/h1-2,4,6,14-15,24H,3,5,7-12H2,(H,22,25)(H,23,26). The van der Waals surface area contributed by atoms with E-state index >= 15 is 0 Å². The lowest BCUT2D eigenvalue weighted by Gasteiger charge is -2.15. The van der Waals surface area contributed by atoms with E-state index in [9.17, 15) is 18.4 Å². The number of carbonyl (C=O) groups excluding carboxylic acids is 2. The van der Waals surface area contributed by atoms with E-state index in [0.717, 1.165) is 19.4 Å². The minimum absolute atomic E-state index is 0.0584. The molecule has 0 aromatic heterocycles. The Bertz CT molecular complexity index is 696. The van der Waals surface area contributed by atoms with Crippen molar-refractivity contribution < 1.29 is 27.8 Å². The number of hydrogen-bond acceptors (Lipinski definition) is 5. The first-order chi connectivity index (χ1) is 13.4. The number of para-hydroxylation sites is 1. The minimum Gasteiger partial charge on any atom is -0.483 e. The highest BCUT2D eigenvalue weighted by Crippen LogP contribution is 2.25. The average molecular weight is 397 g/mol. The summed E-state index contributed by atoms with van der Waals surface area (Å²) in [5.41, 5.74) is 0.660. The Hall–Kier alpha value is -2.26. The number of ether oxygens (including phenoxy) is 2. The van der Waals surface area contributed by atoms with Gasteiger partial charge in [0.05, 0.1) is 18.7 Å². The topological polar surface area (TPSA) is 88.7 Å². The highest BCUT2D eigenvalue weighted by molar-refractivity contribution is 5.82. The van der Waals surface area contributed by atoms with Gasteiger partial charge in [-0.1, -0.05) is 18.2 Å². The fourth-order valence-corrected chi connectivity index (χ4v) is 3.22. The van der Waals surface area contributed by atoms with Crippen LogP contribution in [0.3, 0.4) is 0 Å². The number of carbonyl (C=O) groups is 2. The SMILES string of the molecule is O=C(COc1ccccc1CNC(=O)C1CC(F)(F)CN1)NCC1CCCO1. The van der Waals surface area contributed by atoms with Crippen LogP contribution >= 0.6 is 0 Å². The third-order valence-electron chi connectivity index (χ3n) is 4.76. The van der Waals surface area contributed by atoms with Crippen LogP contribution in [-0.4, -0.2) is 56.2 Å². The molecule has 2 heterocycles. The summed E-state index contributed by atoms with van der Waals surface area (Å²) in [6, 6.07) is 6.05. The Labute approximate surface area is 162 Å². The van der Waals surface area contributed by atoms with Crippen LogP contribution in [-0.2, 0) is 20.9 Å². The van der Waals surface area contributed by atoms with E-state index in [-0.39, 0.29) is 25.2 Å². The predicted molar refractivity (Wildman–Crippen MR) is 97.1 cm³/mol. The number of amides is 2. The summed E-state index contributed by atoms with van der Waals surface area (Å²) in [4.78, 5) is 24.0. The lowest BCUT2D eigenvalue weighted by atomic mass is 10.1. The van der Waals surface area contributed by atoms with E-state index in [1.807, 2.05) is 0 Å². The fourth-order valence-electron chi connectivity index (χ4n) is 3.22. The number of nitrogens with one attached hydrogen (secondary N) is 3. The van der Waals surface area contributed by atoms with Crippen molar-refractivity contribution in [2.75, 3.05) is 26.3 Å². The molecule has 0 bridgehead atoms. The summed E-state index contributed by atoms with van der Waals surface area (Å²) in [6.45, 7) is 0.652. The van der Waals surface area contributed by atoms with E-state index in [1.54, 1.807) is 24.3 Å². The van der Waals surface area contributed by atoms with Gasteiger partial charge < -0.3 is 20.1 Å². The molecule has 1 aromatic rings. The Morgan fingerprint density at radius 1 is 1.29 bits per heavy atom. The van der Waals surface area contributed by atoms with Gasteiger partial charge in [-0.25, -0.2) is 8.78 Å². The number of benzene rings is 1. The van der Waals surface area contributed by atoms with Crippen molar-refractivity contribution in [1.82, 2.24) is 16.0 Å². The number of halogens is 2. The van der Waals surface area contributed by atoms with Crippen LogP contribution in [0.5, 0.6) is 5.75 Å². The van der Waals surface area contributed by atoms with Crippen molar-refractivity contribution in [3.63, 3.8) is 0 Å². The largest absolute Gasteiger partial charge is 0.483 e. The molecule has 0 aliphatic carbocycles. The summed E-state index contributed by atoms with van der Waals surface area (Å²) in [5.74, 6) is -3.15. The molecule has 2 atom stereocenters. The van der Waals surface area contributed by atoms with Gasteiger partial charge in [-0.05, 0) is 18.9 Å². The van der Waals surface area contributed by atoms with Crippen molar-refractivity contribution in [1.29, 1.82) is 0 Å². The fraction of sp³-hybridized carbons (Fsp3) is 0.579. The molecule has 1 aromatic carbocycles. The van der Waals surface area contributed by atoms with Crippen LogP contribution < -0.4 is 20.7 Å². The smallest absolute Gasteiger partial charge is 0.262 e. The Morgan fingerprint density at radius 3 is 2.82 bits per heavy atom. The van der Waals surface area contributed by atoms with Crippen molar-refractivity contribution in [3.8, 4) is 5.75 Å². The molecular formula is C19H25F2N3O4. The first kappa shape index (κ1) is 20.5. The quantitative estimate of drug-likeness (QED) is 0.609. The summed E-state index contributed by atoms with van der Waals surface area (Å²) in [6.07, 6.45) is 1.49. The molecule has 3 rings (SSSR count). The van der Waals surface area contributed by atoms with Gasteiger partial charge >= 0.3 is 0 Å². The molecule has 2 aliphatic rings. The van der Waals surface area contributed by atoms with Crippen LogP contribution in [0.4, 0.5) is 8.78 Å². The Kier molecular flexibility index (Phi) is 6.79. The van der Waals surface area contributed by atoms with E-state index in [4.69, 9.17) is 9.47 Å². The van der Waals surface area contributed by atoms with Gasteiger partial charge in [0.25, 0.3) is 11.8 Å². The first-order valence-corrected chi connectivity index (χ1v) is 9.41. The maximum Gasteiger partial charge on any atom is 0.262 e. The number of alkyl halides is 2. The molecule has 3 N–H and O–H groups in total. The molecule has 0 spiro atoms. The molecule has 2 aliphatic heterocycles. The molecule has 0 saturated carbocycles. The van der Waals surface area contributed by atoms with Crippen LogP contribution in [0.1, 0.15) is 24.8 Å². The van der Waals surface area contributed by atoms with Gasteiger partial charge in [-0.15, -0.1) is 0 Å². The van der Waals surface area contributed by atoms with Crippen molar-refractivity contribution in [3.05, 3.63) is 29.8 Å². The van der Waals surface area contributed by atoms with Gasteiger partial charge in [0.2, 0.25) is 5.91 Å². The summed E-state index contributed by atoms with van der Waals surface area (Å²) < 4.78 is 37.4. The van der Waals surface area contributed by atoms with Crippen molar-refractivity contribution >= 4 is 11.8 Å². The molecule has 2 fully saturated rings. The monoisotopic (exact) mass is 397 g/mol. The average Bonchev–Trinajstić information content (AvgIpc) is 3.32. The van der Waals surface area contributed by atoms with Gasteiger partial charge in [0.15, 0.2) is 6.61 Å². The second-order valence-corrected chi connectivity index (χ2v) is 7.05. The Balaban J connectivity index is 1.44. The molecule has 154 valence electrons. The zero-order chi connectivity index (χ0) is 20.0. The molecule has 9 heteroatoms. The van der Waals surface area contributed by atoms with Gasteiger partial charge in [0.1, 0.15) is 5.75 Å². The molecule has 0 radical (unpaired) electrons. The van der Waals surface area contributed by atoms with Crippen LogP contribution in [0.15, 0.2) is 24.3 Å². The van der Waals surface area contributed by atoms with E-state index in [2.05, 4.69) is 16.0 Å². The van der Waals surface area contributed by atoms with Crippen molar-refractivity contribution in [2.24, 2.45) is 0 Å². The highest BCUT2D eigenvalue weighted by Gasteiger charge is 2.42. The maximum atomic E-state index is 13.2. The lowest BCUT2D eigenvalue weighted by Crippen LogP contribution is -2.40. The van der Waals surface area contributed by atoms with Gasteiger partial charge in [0, 0.05) is 31.7 Å². The summed E-state index contributed by atoms with van der Waals surface area (Å²) in [7, 11) is 0. The van der Waals surface area contributed by atoms with E-state index in [1.165, 1.54) is 0 Å². The molecular weight excluding hydrogens is 372 g/mol. The molecule has 2 unspecified atom stereocenters. The number of hydrogen-bond donors (Lipinski definition) is 3. The van der Waals surface area contributed by atoms with E-state index in [0.29, 0.717) is 17.9 Å². The second kappa shape index (κ2) is 9.29. The maximum absolute atomic E-state index is 13.2. The lowest BCUT2D eigenvalue weighted by molar-refractivity contribution is -0.124. The van der Waals surface area contributed by atoms with Crippen LogP contribution in [0.25, 0.3) is 0 Å². The number of rotatable bonds is 8. The normalized spacial score (nSPS) is 23.4. The first-order valence-electron chi connectivity index (χ1n) is 9.41. The third kappa shape index (κ3) is 5.87. The van der Waals surface area contributed by atoms with Gasteiger partial charge in [-0.3, -0.25) is 14.9 Å².